The zero-order chi connectivity index (χ0) is 14.5. The number of benzene rings is 2. The van der Waals surface area contributed by atoms with Crippen LogP contribution in [0, 0.1) is 0 Å². The Hall–Kier alpha value is -1.16. The van der Waals surface area contributed by atoms with E-state index in [1.54, 1.807) is 0 Å². The predicted octanol–water partition coefficient (Wildman–Crippen LogP) is 5.30. The third-order valence-electron chi connectivity index (χ3n) is 3.60. The Morgan fingerprint density at radius 1 is 0.905 bits per heavy atom. The van der Waals surface area contributed by atoms with Gasteiger partial charge in [-0.15, -0.1) is 11.3 Å². The van der Waals surface area contributed by atoms with Gasteiger partial charge in [0, 0.05) is 29.7 Å². The lowest BCUT2D eigenvalue weighted by atomic mass is 10.1. The topological polar surface area (TPSA) is 3.24 Å². The Morgan fingerprint density at radius 2 is 1.67 bits per heavy atom. The molecule has 0 aliphatic carbocycles. The van der Waals surface area contributed by atoms with Crippen LogP contribution in [0.3, 0.4) is 0 Å². The first-order chi connectivity index (χ1) is 10.4. The number of nitrogens with zero attached hydrogens (tertiary/aromatic N) is 1. The van der Waals surface area contributed by atoms with Gasteiger partial charge in [-0.2, -0.15) is 0 Å². The highest BCUT2D eigenvalue weighted by atomic mass is 79.9. The zero-order valence-corrected chi connectivity index (χ0v) is 14.2. The summed E-state index contributed by atoms with van der Waals surface area (Å²) in [4.78, 5) is 2.50. The molecule has 1 heterocycles. The van der Waals surface area contributed by atoms with Gasteiger partial charge in [0.15, 0.2) is 0 Å². The van der Waals surface area contributed by atoms with Gasteiger partial charge in [-0.3, -0.25) is 4.90 Å². The third-order valence-corrected chi connectivity index (χ3v) is 4.97. The van der Waals surface area contributed by atoms with Gasteiger partial charge in [-0.25, -0.2) is 0 Å². The molecular weight excluding hydrogens is 342 g/mol. The van der Waals surface area contributed by atoms with Crippen molar-refractivity contribution in [1.82, 2.24) is 4.90 Å². The number of hydrogen-bond acceptors (Lipinski definition) is 2. The Bertz CT molecular complexity index is 693. The van der Waals surface area contributed by atoms with E-state index in [1.807, 2.05) is 11.3 Å². The Labute approximate surface area is 138 Å². The fraction of sp³-hybridized carbons (Fsp3) is 0.222. The van der Waals surface area contributed by atoms with Crippen LogP contribution in [-0.4, -0.2) is 16.8 Å². The maximum Gasteiger partial charge on any atom is 0.0346 e. The molecule has 0 unspecified atom stereocenters. The van der Waals surface area contributed by atoms with E-state index >= 15 is 0 Å². The summed E-state index contributed by atoms with van der Waals surface area (Å²) in [5.41, 5.74) is 2.81. The van der Waals surface area contributed by atoms with Crippen molar-refractivity contribution in [3.05, 3.63) is 71.1 Å². The molecule has 3 aromatic rings. The highest BCUT2D eigenvalue weighted by Crippen LogP contribution is 2.27. The zero-order valence-electron chi connectivity index (χ0n) is 11.8. The summed E-state index contributed by atoms with van der Waals surface area (Å²) in [6, 6.07) is 19.4. The largest absolute Gasteiger partial charge is 0.294 e. The number of halogens is 1. The summed E-state index contributed by atoms with van der Waals surface area (Å²) < 4.78 is 1.38. The van der Waals surface area contributed by atoms with Crippen molar-refractivity contribution in [3.63, 3.8) is 0 Å². The van der Waals surface area contributed by atoms with Crippen LogP contribution >= 0.6 is 27.3 Å². The standard InChI is InChI=1S/C18H18BrNS/c19-10-11-20(12-15-6-2-1-3-7-15)13-16-14-21-18-9-5-4-8-17(16)18/h1-9,14H,10-13H2. The van der Waals surface area contributed by atoms with Crippen molar-refractivity contribution in [2.75, 3.05) is 11.9 Å². The van der Waals surface area contributed by atoms with Crippen molar-refractivity contribution in [2.24, 2.45) is 0 Å². The van der Waals surface area contributed by atoms with Gasteiger partial charge >= 0.3 is 0 Å². The molecule has 0 N–H and O–H groups in total. The van der Waals surface area contributed by atoms with E-state index in [9.17, 15) is 0 Å². The lowest BCUT2D eigenvalue weighted by Crippen LogP contribution is -2.24. The molecule has 0 fully saturated rings. The molecule has 2 aromatic carbocycles. The summed E-state index contributed by atoms with van der Waals surface area (Å²) >= 11 is 5.42. The van der Waals surface area contributed by atoms with Gasteiger partial charge in [0.05, 0.1) is 0 Å². The average molecular weight is 360 g/mol. The Morgan fingerprint density at radius 3 is 2.48 bits per heavy atom. The number of thiophene rings is 1. The van der Waals surface area contributed by atoms with Crippen LogP contribution in [0.25, 0.3) is 10.1 Å². The number of hydrogen-bond donors (Lipinski definition) is 0. The van der Waals surface area contributed by atoms with E-state index in [4.69, 9.17) is 0 Å². The molecule has 0 spiro atoms. The van der Waals surface area contributed by atoms with Crippen LogP contribution in [0.4, 0.5) is 0 Å². The average Bonchev–Trinajstić information content (AvgIpc) is 2.92. The molecule has 0 radical (unpaired) electrons. The smallest absolute Gasteiger partial charge is 0.0346 e. The molecule has 0 aliphatic rings. The van der Waals surface area contributed by atoms with E-state index in [0.29, 0.717) is 0 Å². The van der Waals surface area contributed by atoms with Crippen LogP contribution < -0.4 is 0 Å². The van der Waals surface area contributed by atoms with Crippen molar-refractivity contribution in [1.29, 1.82) is 0 Å². The number of rotatable bonds is 6. The molecule has 1 nitrogen and oxygen atoms in total. The highest BCUT2D eigenvalue weighted by molar-refractivity contribution is 9.09. The summed E-state index contributed by atoms with van der Waals surface area (Å²) in [5.74, 6) is 0. The summed E-state index contributed by atoms with van der Waals surface area (Å²) in [5, 5.41) is 4.70. The summed E-state index contributed by atoms with van der Waals surface area (Å²) in [7, 11) is 0. The Balaban J connectivity index is 1.78. The lowest BCUT2D eigenvalue weighted by Gasteiger charge is -2.21. The fourth-order valence-corrected chi connectivity index (χ4v) is 4.03. The number of fused-ring (bicyclic) bond motifs is 1. The fourth-order valence-electron chi connectivity index (χ4n) is 2.57. The van der Waals surface area contributed by atoms with E-state index < -0.39 is 0 Å². The maximum absolute atomic E-state index is 3.58. The Kier molecular flexibility index (Phi) is 5.07. The molecule has 0 saturated carbocycles. The minimum absolute atomic E-state index is 0.997. The summed E-state index contributed by atoms with van der Waals surface area (Å²) in [6.45, 7) is 3.06. The molecular formula is C18H18BrNS. The molecule has 0 bridgehead atoms. The van der Waals surface area contributed by atoms with Gasteiger partial charge < -0.3 is 0 Å². The van der Waals surface area contributed by atoms with Crippen molar-refractivity contribution < 1.29 is 0 Å². The minimum Gasteiger partial charge on any atom is -0.294 e. The lowest BCUT2D eigenvalue weighted by molar-refractivity contribution is 0.276. The van der Waals surface area contributed by atoms with Crippen molar-refractivity contribution in [3.8, 4) is 0 Å². The highest BCUT2D eigenvalue weighted by Gasteiger charge is 2.10. The van der Waals surface area contributed by atoms with Crippen LogP contribution in [0.5, 0.6) is 0 Å². The monoisotopic (exact) mass is 359 g/mol. The van der Waals surface area contributed by atoms with Gasteiger partial charge in [-0.05, 0) is 28.0 Å². The molecule has 21 heavy (non-hydrogen) atoms. The first-order valence-electron chi connectivity index (χ1n) is 7.14. The minimum atomic E-state index is 0.997. The van der Waals surface area contributed by atoms with Crippen LogP contribution in [-0.2, 0) is 13.1 Å². The molecule has 0 aliphatic heterocycles. The van der Waals surface area contributed by atoms with E-state index in [1.165, 1.54) is 21.2 Å². The number of alkyl halides is 1. The molecule has 0 amide bonds. The molecule has 0 atom stereocenters. The van der Waals surface area contributed by atoms with Gasteiger partial charge in [0.1, 0.15) is 0 Å². The van der Waals surface area contributed by atoms with E-state index in [-0.39, 0.29) is 0 Å². The molecule has 3 rings (SSSR count). The van der Waals surface area contributed by atoms with Crippen molar-refractivity contribution in [2.45, 2.75) is 13.1 Å². The molecule has 3 heteroatoms. The third kappa shape index (κ3) is 3.73. The molecule has 1 aromatic heterocycles. The first-order valence-corrected chi connectivity index (χ1v) is 9.14. The first kappa shape index (κ1) is 14.8. The summed E-state index contributed by atoms with van der Waals surface area (Å²) in [6.07, 6.45) is 0. The van der Waals surface area contributed by atoms with Gasteiger partial charge in [-0.1, -0.05) is 64.5 Å². The molecule has 108 valence electrons. The second-order valence-electron chi connectivity index (χ2n) is 5.14. The van der Waals surface area contributed by atoms with E-state index in [0.717, 1.165) is 25.0 Å². The van der Waals surface area contributed by atoms with E-state index in [2.05, 4.69) is 80.8 Å². The quantitative estimate of drug-likeness (QED) is 0.539. The van der Waals surface area contributed by atoms with Gasteiger partial charge in [0.2, 0.25) is 0 Å². The van der Waals surface area contributed by atoms with Crippen LogP contribution in [0.1, 0.15) is 11.1 Å². The van der Waals surface area contributed by atoms with Gasteiger partial charge in [0.25, 0.3) is 0 Å². The predicted molar refractivity (Wildman–Crippen MR) is 96.2 cm³/mol. The van der Waals surface area contributed by atoms with Crippen LogP contribution in [0.2, 0.25) is 0 Å². The molecule has 0 saturated heterocycles. The van der Waals surface area contributed by atoms with Crippen molar-refractivity contribution >= 4 is 37.4 Å². The van der Waals surface area contributed by atoms with Crippen LogP contribution in [0.15, 0.2) is 60.0 Å². The second-order valence-corrected chi connectivity index (χ2v) is 6.85. The second kappa shape index (κ2) is 7.21. The SMILES string of the molecule is BrCCN(Cc1ccccc1)Cc1csc2ccccc12. The normalized spacial score (nSPS) is 11.3. The maximum atomic E-state index is 3.58.